The fraction of sp³-hybridized carbons (Fsp3) is 0.348. The summed E-state index contributed by atoms with van der Waals surface area (Å²) >= 11 is 0. The summed E-state index contributed by atoms with van der Waals surface area (Å²) in [7, 11) is 0. The molecule has 2 heterocycles. The molecule has 1 amide bonds. The molecule has 0 unspecified atom stereocenters. The van der Waals surface area contributed by atoms with Crippen molar-refractivity contribution in [3.8, 4) is 0 Å². The Labute approximate surface area is 165 Å². The van der Waals surface area contributed by atoms with Gasteiger partial charge in [-0.1, -0.05) is 48.5 Å². The van der Waals surface area contributed by atoms with Gasteiger partial charge in [-0.25, -0.2) is 0 Å². The highest BCUT2D eigenvalue weighted by Gasteiger charge is 2.28. The minimum atomic E-state index is -0.0368. The average Bonchev–Trinajstić information content (AvgIpc) is 3.11. The van der Waals surface area contributed by atoms with Crippen molar-refractivity contribution in [1.29, 1.82) is 0 Å². The molecule has 1 fully saturated rings. The van der Waals surface area contributed by atoms with Crippen molar-refractivity contribution >= 4 is 16.9 Å². The standard InChI is InChI=1S/C23H26N2O3/c1-2-27-17-20-19-10-6-7-11-21(19)28-22(20)23(26)25-14-12-24(13-15-25)16-18-8-4-3-5-9-18/h3-11H,2,12-17H2,1H3. The Balaban J connectivity index is 1.46. The predicted octanol–water partition coefficient (Wildman–Crippen LogP) is 3.93. The molecule has 1 aromatic heterocycles. The van der Waals surface area contributed by atoms with E-state index in [0.29, 0.717) is 32.1 Å². The maximum atomic E-state index is 13.2. The van der Waals surface area contributed by atoms with E-state index < -0.39 is 0 Å². The van der Waals surface area contributed by atoms with Crippen LogP contribution in [0.5, 0.6) is 0 Å². The van der Waals surface area contributed by atoms with Gasteiger partial charge in [-0.15, -0.1) is 0 Å². The topological polar surface area (TPSA) is 45.9 Å². The lowest BCUT2D eigenvalue weighted by atomic mass is 10.1. The second-order valence-corrected chi connectivity index (χ2v) is 7.10. The number of ether oxygens (including phenoxy) is 1. The molecule has 0 atom stereocenters. The van der Waals surface area contributed by atoms with Gasteiger partial charge >= 0.3 is 0 Å². The molecule has 1 saturated heterocycles. The van der Waals surface area contributed by atoms with E-state index >= 15 is 0 Å². The van der Waals surface area contributed by atoms with Crippen LogP contribution in [0.2, 0.25) is 0 Å². The molecule has 28 heavy (non-hydrogen) atoms. The molecule has 0 spiro atoms. The summed E-state index contributed by atoms with van der Waals surface area (Å²) in [6.45, 7) is 7.00. The highest BCUT2D eigenvalue weighted by molar-refractivity contribution is 5.99. The van der Waals surface area contributed by atoms with E-state index in [1.54, 1.807) is 0 Å². The summed E-state index contributed by atoms with van der Waals surface area (Å²) in [6.07, 6.45) is 0. The van der Waals surface area contributed by atoms with Crippen molar-refractivity contribution in [3.63, 3.8) is 0 Å². The van der Waals surface area contributed by atoms with Crippen LogP contribution in [-0.2, 0) is 17.9 Å². The van der Waals surface area contributed by atoms with Crippen molar-refractivity contribution in [2.45, 2.75) is 20.1 Å². The molecular weight excluding hydrogens is 352 g/mol. The van der Waals surface area contributed by atoms with Gasteiger partial charge < -0.3 is 14.1 Å². The monoisotopic (exact) mass is 378 g/mol. The molecular formula is C23H26N2O3. The Bertz CT molecular complexity index is 927. The van der Waals surface area contributed by atoms with Gasteiger partial charge in [-0.3, -0.25) is 9.69 Å². The van der Waals surface area contributed by atoms with Gasteiger partial charge in [0.2, 0.25) is 0 Å². The van der Waals surface area contributed by atoms with E-state index in [2.05, 4.69) is 29.2 Å². The molecule has 1 aliphatic rings. The van der Waals surface area contributed by atoms with E-state index in [1.807, 2.05) is 42.2 Å². The van der Waals surface area contributed by atoms with Gasteiger partial charge in [0.05, 0.1) is 6.61 Å². The van der Waals surface area contributed by atoms with Crippen molar-refractivity contribution in [2.75, 3.05) is 32.8 Å². The van der Waals surface area contributed by atoms with Crippen LogP contribution in [0.25, 0.3) is 11.0 Å². The number of carbonyl (C=O) groups excluding carboxylic acids is 1. The SMILES string of the molecule is CCOCc1c(C(=O)N2CCN(Cc3ccccc3)CC2)oc2ccccc12. The quantitative estimate of drug-likeness (QED) is 0.652. The molecule has 4 rings (SSSR count). The van der Waals surface area contributed by atoms with Crippen molar-refractivity contribution < 1.29 is 13.9 Å². The predicted molar refractivity (Wildman–Crippen MR) is 109 cm³/mol. The molecule has 5 heteroatoms. The number of nitrogens with zero attached hydrogens (tertiary/aromatic N) is 2. The minimum Gasteiger partial charge on any atom is -0.451 e. The molecule has 0 saturated carbocycles. The van der Waals surface area contributed by atoms with Crippen LogP contribution in [0.1, 0.15) is 28.6 Å². The van der Waals surface area contributed by atoms with Crippen LogP contribution in [0.15, 0.2) is 59.0 Å². The Kier molecular flexibility index (Phi) is 5.74. The zero-order valence-corrected chi connectivity index (χ0v) is 16.3. The number of amides is 1. The molecule has 0 bridgehead atoms. The first-order valence-electron chi connectivity index (χ1n) is 9.90. The zero-order valence-electron chi connectivity index (χ0n) is 16.3. The van der Waals surface area contributed by atoms with Gasteiger partial charge in [-0.2, -0.15) is 0 Å². The molecule has 5 nitrogen and oxygen atoms in total. The largest absolute Gasteiger partial charge is 0.451 e. The number of benzene rings is 2. The van der Waals surface area contributed by atoms with E-state index in [4.69, 9.17) is 9.15 Å². The van der Waals surface area contributed by atoms with E-state index in [0.717, 1.165) is 36.2 Å². The molecule has 3 aromatic rings. The third-order valence-corrected chi connectivity index (χ3v) is 5.25. The van der Waals surface area contributed by atoms with E-state index in [-0.39, 0.29) is 5.91 Å². The van der Waals surface area contributed by atoms with Crippen LogP contribution >= 0.6 is 0 Å². The normalized spacial score (nSPS) is 15.2. The Morgan fingerprint density at radius 3 is 2.46 bits per heavy atom. The number of hydrogen-bond acceptors (Lipinski definition) is 4. The second kappa shape index (κ2) is 8.59. The summed E-state index contributed by atoms with van der Waals surface area (Å²) in [5.74, 6) is 0.386. The van der Waals surface area contributed by atoms with Crippen molar-refractivity contribution in [2.24, 2.45) is 0 Å². The molecule has 1 aliphatic heterocycles. The maximum absolute atomic E-state index is 13.2. The maximum Gasteiger partial charge on any atom is 0.290 e. The van der Waals surface area contributed by atoms with Gasteiger partial charge in [0, 0.05) is 50.3 Å². The van der Waals surface area contributed by atoms with Crippen LogP contribution in [-0.4, -0.2) is 48.5 Å². The molecule has 0 N–H and O–H groups in total. The molecule has 146 valence electrons. The smallest absolute Gasteiger partial charge is 0.290 e. The van der Waals surface area contributed by atoms with Crippen molar-refractivity contribution in [3.05, 3.63) is 71.5 Å². The summed E-state index contributed by atoms with van der Waals surface area (Å²) < 4.78 is 11.6. The van der Waals surface area contributed by atoms with Gasteiger partial charge in [0.15, 0.2) is 5.76 Å². The molecule has 0 aliphatic carbocycles. The van der Waals surface area contributed by atoms with Crippen LogP contribution in [0.3, 0.4) is 0 Å². The lowest BCUT2D eigenvalue weighted by molar-refractivity contribution is 0.0591. The first kappa shape index (κ1) is 18.7. The number of para-hydroxylation sites is 1. The number of piperazine rings is 1. The number of hydrogen-bond donors (Lipinski definition) is 0. The fourth-order valence-electron chi connectivity index (χ4n) is 3.71. The minimum absolute atomic E-state index is 0.0368. The van der Waals surface area contributed by atoms with E-state index in [1.165, 1.54) is 5.56 Å². The van der Waals surface area contributed by atoms with Gasteiger partial charge in [0.25, 0.3) is 5.91 Å². The zero-order chi connectivity index (χ0) is 19.3. The number of fused-ring (bicyclic) bond motifs is 1. The number of rotatable bonds is 6. The Morgan fingerprint density at radius 1 is 1.00 bits per heavy atom. The van der Waals surface area contributed by atoms with Gasteiger partial charge in [0.1, 0.15) is 5.58 Å². The van der Waals surface area contributed by atoms with E-state index in [9.17, 15) is 4.79 Å². The highest BCUT2D eigenvalue weighted by atomic mass is 16.5. The average molecular weight is 378 g/mol. The molecule has 2 aromatic carbocycles. The lowest BCUT2D eigenvalue weighted by Gasteiger charge is -2.34. The van der Waals surface area contributed by atoms with Gasteiger partial charge in [-0.05, 0) is 18.6 Å². The van der Waals surface area contributed by atoms with Crippen molar-refractivity contribution in [1.82, 2.24) is 9.80 Å². The second-order valence-electron chi connectivity index (χ2n) is 7.10. The first-order chi connectivity index (χ1) is 13.8. The lowest BCUT2D eigenvalue weighted by Crippen LogP contribution is -2.48. The third kappa shape index (κ3) is 3.96. The number of carbonyl (C=O) groups is 1. The highest BCUT2D eigenvalue weighted by Crippen LogP contribution is 2.28. The molecule has 0 radical (unpaired) electrons. The Morgan fingerprint density at radius 2 is 1.71 bits per heavy atom. The summed E-state index contributed by atoms with van der Waals surface area (Å²) in [4.78, 5) is 17.5. The number of furan rings is 1. The summed E-state index contributed by atoms with van der Waals surface area (Å²) in [5, 5.41) is 0.960. The van der Waals surface area contributed by atoms with Crippen LogP contribution in [0, 0.1) is 0 Å². The Hall–Kier alpha value is -2.63. The summed E-state index contributed by atoms with van der Waals surface area (Å²) in [6, 6.07) is 18.2. The summed E-state index contributed by atoms with van der Waals surface area (Å²) in [5.41, 5.74) is 2.90. The fourth-order valence-corrected chi connectivity index (χ4v) is 3.71. The van der Waals surface area contributed by atoms with Crippen LogP contribution < -0.4 is 0 Å². The first-order valence-corrected chi connectivity index (χ1v) is 9.90. The third-order valence-electron chi connectivity index (χ3n) is 5.25. The van der Waals surface area contributed by atoms with Crippen LogP contribution in [0.4, 0.5) is 0 Å².